The van der Waals surface area contributed by atoms with E-state index in [0.717, 1.165) is 17.7 Å². The van der Waals surface area contributed by atoms with Crippen molar-refractivity contribution in [2.24, 2.45) is 5.73 Å². The van der Waals surface area contributed by atoms with Gasteiger partial charge in [0.15, 0.2) is 0 Å². The van der Waals surface area contributed by atoms with Gasteiger partial charge in [0.05, 0.1) is 0 Å². The molecule has 1 atom stereocenters. The van der Waals surface area contributed by atoms with Crippen LogP contribution in [0, 0.1) is 0 Å². The highest BCUT2D eigenvalue weighted by atomic mass is 16.2. The molecule has 2 rings (SSSR count). The number of nitrogens with zero attached hydrogens (tertiary/aromatic N) is 1. The maximum absolute atomic E-state index is 12.5. The van der Waals surface area contributed by atoms with E-state index < -0.39 is 5.54 Å². The number of likely N-dealkylation sites (N-methyl/N-ethyl adjacent to an activating group) is 1. The van der Waals surface area contributed by atoms with Crippen molar-refractivity contribution in [3.8, 4) is 0 Å². The van der Waals surface area contributed by atoms with Crippen molar-refractivity contribution in [3.63, 3.8) is 0 Å². The Labute approximate surface area is 160 Å². The molecule has 0 radical (unpaired) electrons. The molecular weight excluding hydrogens is 340 g/mol. The number of nitrogens with one attached hydrogen (secondary N) is 2. The average Bonchev–Trinajstić information content (AvgIpc) is 2.66. The number of carbonyl (C=O) groups is 2. The van der Waals surface area contributed by atoms with Crippen molar-refractivity contribution < 1.29 is 9.59 Å². The highest BCUT2D eigenvalue weighted by Gasteiger charge is 2.29. The molecule has 144 valence electrons. The van der Waals surface area contributed by atoms with Gasteiger partial charge in [-0.3, -0.25) is 9.59 Å². The summed E-state index contributed by atoms with van der Waals surface area (Å²) in [4.78, 5) is 26.6. The third-order valence-electron chi connectivity index (χ3n) is 4.36. The quantitative estimate of drug-likeness (QED) is 0.658. The lowest BCUT2D eigenvalue weighted by Gasteiger charge is -2.24. The molecule has 27 heavy (non-hydrogen) atoms. The number of carbonyl (C=O) groups excluding carboxylic acids is 2. The molecule has 0 aliphatic heterocycles. The predicted molar refractivity (Wildman–Crippen MR) is 107 cm³/mol. The van der Waals surface area contributed by atoms with Crippen LogP contribution in [0.2, 0.25) is 0 Å². The molecule has 4 N–H and O–H groups in total. The molecule has 0 fully saturated rings. The standard InChI is InChI=1S/C21H28N4O2/c1-21(22,18-7-5-4-6-8-18)20(27)24-15-16-9-11-17(12-10-16)19(26)23-13-14-25(2)3/h4-12H,13-15,22H2,1-3H3,(H,23,26)(H,24,27). The molecule has 0 aliphatic rings. The van der Waals surface area contributed by atoms with Crippen LogP contribution < -0.4 is 16.4 Å². The molecule has 0 heterocycles. The van der Waals surface area contributed by atoms with Crippen molar-refractivity contribution in [1.82, 2.24) is 15.5 Å². The Morgan fingerprint density at radius 2 is 1.63 bits per heavy atom. The molecule has 0 aliphatic carbocycles. The van der Waals surface area contributed by atoms with E-state index in [0.29, 0.717) is 18.7 Å². The maximum atomic E-state index is 12.5. The Balaban J connectivity index is 1.89. The summed E-state index contributed by atoms with van der Waals surface area (Å²) in [7, 11) is 3.92. The van der Waals surface area contributed by atoms with Gasteiger partial charge >= 0.3 is 0 Å². The fourth-order valence-electron chi connectivity index (χ4n) is 2.55. The highest BCUT2D eigenvalue weighted by molar-refractivity contribution is 5.94. The van der Waals surface area contributed by atoms with Gasteiger partial charge in [-0.25, -0.2) is 0 Å². The average molecular weight is 368 g/mol. The van der Waals surface area contributed by atoms with Crippen molar-refractivity contribution in [2.45, 2.75) is 19.0 Å². The molecular formula is C21H28N4O2. The summed E-state index contributed by atoms with van der Waals surface area (Å²) >= 11 is 0. The van der Waals surface area contributed by atoms with Crippen molar-refractivity contribution in [3.05, 3.63) is 71.3 Å². The van der Waals surface area contributed by atoms with E-state index in [1.807, 2.05) is 61.5 Å². The molecule has 0 saturated carbocycles. The minimum atomic E-state index is -1.10. The minimum Gasteiger partial charge on any atom is -0.351 e. The van der Waals surface area contributed by atoms with Crippen LogP contribution in [0.4, 0.5) is 0 Å². The number of rotatable bonds is 8. The van der Waals surface area contributed by atoms with Crippen LogP contribution in [-0.2, 0) is 16.9 Å². The van der Waals surface area contributed by atoms with Crippen LogP contribution in [0.25, 0.3) is 0 Å². The van der Waals surface area contributed by atoms with Gasteiger partial charge in [-0.1, -0.05) is 42.5 Å². The van der Waals surface area contributed by atoms with E-state index in [1.165, 1.54) is 0 Å². The first-order valence-electron chi connectivity index (χ1n) is 8.95. The lowest BCUT2D eigenvalue weighted by Crippen LogP contribution is -2.48. The minimum absolute atomic E-state index is 0.106. The molecule has 0 saturated heterocycles. The zero-order chi connectivity index (χ0) is 19.9. The first-order chi connectivity index (χ1) is 12.8. The Bertz CT molecular complexity index is 756. The largest absolute Gasteiger partial charge is 0.351 e. The highest BCUT2D eigenvalue weighted by Crippen LogP contribution is 2.17. The molecule has 1 unspecified atom stereocenters. The second-order valence-electron chi connectivity index (χ2n) is 7.01. The zero-order valence-corrected chi connectivity index (χ0v) is 16.2. The molecule has 2 aromatic rings. The number of nitrogens with two attached hydrogens (primary N) is 1. The predicted octanol–water partition coefficient (Wildman–Crippen LogP) is 1.47. The van der Waals surface area contributed by atoms with Gasteiger partial charge in [0.2, 0.25) is 5.91 Å². The molecule has 0 aromatic heterocycles. The number of amides is 2. The molecule has 6 nitrogen and oxygen atoms in total. The normalized spacial score (nSPS) is 13.1. The monoisotopic (exact) mass is 368 g/mol. The van der Waals surface area contributed by atoms with E-state index in [2.05, 4.69) is 10.6 Å². The van der Waals surface area contributed by atoms with Crippen LogP contribution in [-0.4, -0.2) is 43.9 Å². The van der Waals surface area contributed by atoms with Crippen LogP contribution in [0.5, 0.6) is 0 Å². The molecule has 2 aromatic carbocycles. The summed E-state index contributed by atoms with van der Waals surface area (Å²) in [6.07, 6.45) is 0. The van der Waals surface area contributed by atoms with Gasteiger partial charge in [0, 0.05) is 25.2 Å². The molecule has 0 spiro atoms. The Kier molecular flexibility index (Phi) is 7.10. The first-order valence-corrected chi connectivity index (χ1v) is 8.95. The smallest absolute Gasteiger partial charge is 0.251 e. The van der Waals surface area contributed by atoms with E-state index in [1.54, 1.807) is 19.1 Å². The van der Waals surface area contributed by atoms with E-state index in [4.69, 9.17) is 5.73 Å². The Morgan fingerprint density at radius 1 is 1.00 bits per heavy atom. The van der Waals surface area contributed by atoms with E-state index in [-0.39, 0.29) is 11.8 Å². The van der Waals surface area contributed by atoms with Gasteiger partial charge in [0.1, 0.15) is 5.54 Å². The second-order valence-corrected chi connectivity index (χ2v) is 7.01. The Hall–Kier alpha value is -2.70. The van der Waals surface area contributed by atoms with Crippen LogP contribution in [0.1, 0.15) is 28.4 Å². The number of hydrogen-bond acceptors (Lipinski definition) is 4. The first kappa shape index (κ1) is 20.6. The summed E-state index contributed by atoms with van der Waals surface area (Å²) in [6.45, 7) is 3.42. The summed E-state index contributed by atoms with van der Waals surface area (Å²) < 4.78 is 0. The van der Waals surface area contributed by atoms with Crippen molar-refractivity contribution in [1.29, 1.82) is 0 Å². The Morgan fingerprint density at radius 3 is 2.22 bits per heavy atom. The summed E-state index contributed by atoms with van der Waals surface area (Å²) in [6, 6.07) is 16.4. The van der Waals surface area contributed by atoms with Crippen molar-refractivity contribution in [2.75, 3.05) is 27.2 Å². The van der Waals surface area contributed by atoms with Gasteiger partial charge in [-0.15, -0.1) is 0 Å². The lowest BCUT2D eigenvalue weighted by molar-refractivity contribution is -0.126. The summed E-state index contributed by atoms with van der Waals surface area (Å²) in [5.41, 5.74) is 7.36. The SMILES string of the molecule is CN(C)CCNC(=O)c1ccc(CNC(=O)C(C)(N)c2ccccc2)cc1. The summed E-state index contributed by atoms with van der Waals surface area (Å²) in [5.74, 6) is -0.356. The second kappa shape index (κ2) is 9.30. The number of hydrogen-bond donors (Lipinski definition) is 3. The van der Waals surface area contributed by atoms with Crippen LogP contribution >= 0.6 is 0 Å². The third-order valence-corrected chi connectivity index (χ3v) is 4.36. The fraction of sp³-hybridized carbons (Fsp3) is 0.333. The van der Waals surface area contributed by atoms with Crippen LogP contribution in [0.15, 0.2) is 54.6 Å². The van der Waals surface area contributed by atoms with Crippen LogP contribution in [0.3, 0.4) is 0 Å². The number of benzene rings is 2. The molecule has 0 bridgehead atoms. The molecule has 6 heteroatoms. The maximum Gasteiger partial charge on any atom is 0.251 e. The van der Waals surface area contributed by atoms with Gasteiger partial charge < -0.3 is 21.3 Å². The van der Waals surface area contributed by atoms with E-state index >= 15 is 0 Å². The van der Waals surface area contributed by atoms with Gasteiger partial charge in [-0.2, -0.15) is 0 Å². The summed E-state index contributed by atoms with van der Waals surface area (Å²) in [5, 5.41) is 5.73. The lowest BCUT2D eigenvalue weighted by atomic mass is 9.92. The topological polar surface area (TPSA) is 87.5 Å². The zero-order valence-electron chi connectivity index (χ0n) is 16.2. The van der Waals surface area contributed by atoms with Crippen molar-refractivity contribution >= 4 is 11.8 Å². The third kappa shape index (κ3) is 5.91. The fourth-order valence-corrected chi connectivity index (χ4v) is 2.55. The van der Waals surface area contributed by atoms with Gasteiger partial charge in [-0.05, 0) is 44.3 Å². The van der Waals surface area contributed by atoms with Gasteiger partial charge in [0.25, 0.3) is 5.91 Å². The molecule has 2 amide bonds. The van der Waals surface area contributed by atoms with E-state index in [9.17, 15) is 9.59 Å².